The van der Waals surface area contributed by atoms with E-state index in [0.717, 1.165) is 22.0 Å². The molecule has 3 rings (SSSR count). The molecule has 3 heteroatoms. The van der Waals surface area contributed by atoms with Gasteiger partial charge in [0.1, 0.15) is 6.26 Å². The summed E-state index contributed by atoms with van der Waals surface area (Å²) in [6, 6.07) is 15.5. The summed E-state index contributed by atoms with van der Waals surface area (Å²) in [4.78, 5) is 15.3. The van der Waals surface area contributed by atoms with Crippen LogP contribution in [0.5, 0.6) is 0 Å². The van der Waals surface area contributed by atoms with E-state index in [9.17, 15) is 4.79 Å². The summed E-state index contributed by atoms with van der Waals surface area (Å²) in [6.07, 6.45) is 4.08. The van der Waals surface area contributed by atoms with E-state index < -0.39 is 0 Å². The lowest BCUT2D eigenvalue weighted by Crippen LogP contribution is -1.79. The maximum atomic E-state index is 10.8. The van der Waals surface area contributed by atoms with Crippen molar-refractivity contribution in [3.05, 3.63) is 66.1 Å². The standard InChI is InChI=1S/C16H11NO2/c18-10-16-13-7-4-8-15(14(13)11-19-16)17-9-12-5-2-1-3-6-12/h1-11H. The monoisotopic (exact) mass is 249 g/mol. The molecule has 0 aliphatic carbocycles. The van der Waals surface area contributed by atoms with Gasteiger partial charge in [-0.15, -0.1) is 0 Å². The molecule has 0 amide bonds. The van der Waals surface area contributed by atoms with Crippen LogP contribution in [0.25, 0.3) is 10.8 Å². The number of carbonyl (C=O) groups is 1. The lowest BCUT2D eigenvalue weighted by atomic mass is 10.1. The third-order valence-corrected chi connectivity index (χ3v) is 2.91. The molecule has 0 saturated heterocycles. The molecular formula is C16H11NO2. The van der Waals surface area contributed by atoms with Crippen LogP contribution < -0.4 is 0 Å². The van der Waals surface area contributed by atoms with E-state index in [0.29, 0.717) is 12.0 Å². The highest BCUT2D eigenvalue weighted by atomic mass is 16.3. The second-order valence-corrected chi connectivity index (χ2v) is 4.13. The summed E-state index contributed by atoms with van der Waals surface area (Å²) in [5, 5.41) is 1.63. The van der Waals surface area contributed by atoms with E-state index in [2.05, 4.69) is 4.99 Å². The summed E-state index contributed by atoms with van der Waals surface area (Å²) in [7, 11) is 0. The Morgan fingerprint density at radius 3 is 2.58 bits per heavy atom. The highest BCUT2D eigenvalue weighted by Crippen LogP contribution is 2.29. The van der Waals surface area contributed by atoms with Crippen molar-refractivity contribution in [2.75, 3.05) is 0 Å². The Morgan fingerprint density at radius 2 is 1.79 bits per heavy atom. The number of rotatable bonds is 3. The molecular weight excluding hydrogens is 238 g/mol. The Balaban J connectivity index is 2.04. The number of aliphatic imine (C=N–C) groups is 1. The van der Waals surface area contributed by atoms with E-state index in [4.69, 9.17) is 4.42 Å². The zero-order valence-corrected chi connectivity index (χ0v) is 10.1. The molecule has 0 atom stereocenters. The minimum atomic E-state index is 0.340. The summed E-state index contributed by atoms with van der Waals surface area (Å²) in [5.74, 6) is 0.340. The number of carbonyl (C=O) groups excluding carboxylic acids is 1. The predicted molar refractivity (Wildman–Crippen MR) is 75.3 cm³/mol. The lowest BCUT2D eigenvalue weighted by Gasteiger charge is -1.96. The van der Waals surface area contributed by atoms with Crippen LogP contribution in [0.3, 0.4) is 0 Å². The van der Waals surface area contributed by atoms with Gasteiger partial charge in [-0.3, -0.25) is 9.79 Å². The molecule has 0 spiro atoms. The average molecular weight is 249 g/mol. The maximum Gasteiger partial charge on any atom is 0.185 e. The van der Waals surface area contributed by atoms with Crippen LogP contribution in [0.4, 0.5) is 5.69 Å². The van der Waals surface area contributed by atoms with Gasteiger partial charge in [-0.05, 0) is 11.6 Å². The fourth-order valence-electron chi connectivity index (χ4n) is 1.96. The molecule has 0 aliphatic rings. The number of benzene rings is 2. The van der Waals surface area contributed by atoms with Crippen LogP contribution >= 0.6 is 0 Å². The number of hydrogen-bond acceptors (Lipinski definition) is 3. The SMILES string of the molecule is O=Cc1occ2c(N=Cc3ccccc3)cccc12. The van der Waals surface area contributed by atoms with Crippen molar-refractivity contribution in [3.63, 3.8) is 0 Å². The third kappa shape index (κ3) is 2.18. The third-order valence-electron chi connectivity index (χ3n) is 2.91. The van der Waals surface area contributed by atoms with Crippen molar-refractivity contribution in [3.8, 4) is 0 Å². The van der Waals surface area contributed by atoms with Crippen molar-refractivity contribution in [2.45, 2.75) is 0 Å². The lowest BCUT2D eigenvalue weighted by molar-refractivity contribution is 0.110. The van der Waals surface area contributed by atoms with E-state index >= 15 is 0 Å². The molecule has 2 aromatic carbocycles. The van der Waals surface area contributed by atoms with E-state index in [-0.39, 0.29) is 0 Å². The Labute approximate surface area is 110 Å². The number of aldehydes is 1. The summed E-state index contributed by atoms with van der Waals surface area (Å²) in [5.41, 5.74) is 1.82. The second-order valence-electron chi connectivity index (χ2n) is 4.13. The Kier molecular flexibility index (Phi) is 2.94. The Bertz CT molecular complexity index is 742. The van der Waals surface area contributed by atoms with Gasteiger partial charge in [0.2, 0.25) is 0 Å². The molecule has 0 fully saturated rings. The molecule has 19 heavy (non-hydrogen) atoms. The first-order valence-corrected chi connectivity index (χ1v) is 5.93. The highest BCUT2D eigenvalue weighted by Gasteiger charge is 2.07. The summed E-state index contributed by atoms with van der Waals surface area (Å²) in [6.45, 7) is 0. The van der Waals surface area contributed by atoms with Gasteiger partial charge in [-0.1, -0.05) is 42.5 Å². The van der Waals surface area contributed by atoms with Crippen molar-refractivity contribution in [2.24, 2.45) is 4.99 Å². The zero-order valence-electron chi connectivity index (χ0n) is 10.1. The summed E-state index contributed by atoms with van der Waals surface area (Å²) >= 11 is 0. The Morgan fingerprint density at radius 1 is 0.947 bits per heavy atom. The molecule has 0 N–H and O–H groups in total. The van der Waals surface area contributed by atoms with Gasteiger partial charge in [-0.25, -0.2) is 0 Å². The van der Waals surface area contributed by atoms with Crippen molar-refractivity contribution < 1.29 is 9.21 Å². The van der Waals surface area contributed by atoms with Gasteiger partial charge in [0.25, 0.3) is 0 Å². The van der Waals surface area contributed by atoms with E-state index in [1.807, 2.05) is 48.5 Å². The normalized spacial score (nSPS) is 11.2. The van der Waals surface area contributed by atoms with Gasteiger partial charge in [0.05, 0.1) is 5.69 Å². The fourth-order valence-corrected chi connectivity index (χ4v) is 1.96. The molecule has 0 unspecified atom stereocenters. The Hall–Kier alpha value is -2.68. The molecule has 1 aromatic heterocycles. The van der Waals surface area contributed by atoms with E-state index in [1.54, 1.807) is 12.5 Å². The summed E-state index contributed by atoms with van der Waals surface area (Å²) < 4.78 is 5.21. The predicted octanol–water partition coefficient (Wildman–Crippen LogP) is 4.00. The van der Waals surface area contributed by atoms with Crippen molar-refractivity contribution >= 4 is 29.0 Å². The fraction of sp³-hybridized carbons (Fsp3) is 0. The van der Waals surface area contributed by atoms with Gasteiger partial charge in [0, 0.05) is 17.0 Å². The van der Waals surface area contributed by atoms with Crippen LogP contribution in [0.1, 0.15) is 16.1 Å². The molecule has 3 nitrogen and oxygen atoms in total. The smallest absolute Gasteiger partial charge is 0.185 e. The topological polar surface area (TPSA) is 42.6 Å². The number of furan rings is 1. The molecule has 0 saturated carbocycles. The number of nitrogens with zero attached hydrogens (tertiary/aromatic N) is 1. The quantitative estimate of drug-likeness (QED) is 0.520. The highest BCUT2D eigenvalue weighted by molar-refractivity contribution is 6.02. The van der Waals surface area contributed by atoms with Crippen LogP contribution in [0.15, 0.2) is 64.2 Å². The van der Waals surface area contributed by atoms with Crippen LogP contribution in [-0.4, -0.2) is 12.5 Å². The first kappa shape index (κ1) is 11.4. The molecule has 1 heterocycles. The minimum absolute atomic E-state index is 0.340. The first-order valence-electron chi connectivity index (χ1n) is 5.93. The molecule has 92 valence electrons. The van der Waals surface area contributed by atoms with Gasteiger partial charge < -0.3 is 4.42 Å². The molecule has 0 bridgehead atoms. The number of hydrogen-bond donors (Lipinski definition) is 0. The minimum Gasteiger partial charge on any atom is -0.460 e. The van der Waals surface area contributed by atoms with Gasteiger partial charge in [0.15, 0.2) is 12.0 Å². The zero-order chi connectivity index (χ0) is 13.1. The van der Waals surface area contributed by atoms with Crippen molar-refractivity contribution in [1.82, 2.24) is 0 Å². The van der Waals surface area contributed by atoms with Gasteiger partial charge >= 0.3 is 0 Å². The molecule has 3 aromatic rings. The van der Waals surface area contributed by atoms with Crippen LogP contribution in [0, 0.1) is 0 Å². The van der Waals surface area contributed by atoms with Gasteiger partial charge in [-0.2, -0.15) is 0 Å². The maximum absolute atomic E-state index is 10.8. The van der Waals surface area contributed by atoms with Crippen molar-refractivity contribution in [1.29, 1.82) is 0 Å². The first-order chi connectivity index (χ1) is 9.38. The average Bonchev–Trinajstić information content (AvgIpc) is 2.90. The van der Waals surface area contributed by atoms with Crippen LogP contribution in [-0.2, 0) is 0 Å². The van der Waals surface area contributed by atoms with Crippen LogP contribution in [0.2, 0.25) is 0 Å². The molecule has 0 radical (unpaired) electrons. The second kappa shape index (κ2) is 4.90. The van der Waals surface area contributed by atoms with E-state index in [1.165, 1.54) is 0 Å². The molecule has 0 aliphatic heterocycles. The largest absolute Gasteiger partial charge is 0.460 e. The number of fused-ring (bicyclic) bond motifs is 1.